The van der Waals surface area contributed by atoms with E-state index in [0.717, 1.165) is 5.57 Å². The maximum atomic E-state index is 13.1. The van der Waals surface area contributed by atoms with Gasteiger partial charge in [-0.05, 0) is 55.8 Å². The predicted octanol–water partition coefficient (Wildman–Crippen LogP) is 3.75. The van der Waals surface area contributed by atoms with Crippen molar-refractivity contribution in [3.8, 4) is 0 Å². The van der Waals surface area contributed by atoms with Crippen LogP contribution in [0.1, 0.15) is 6.92 Å². The van der Waals surface area contributed by atoms with Gasteiger partial charge in [0.2, 0.25) is 0 Å². The van der Waals surface area contributed by atoms with Crippen LogP contribution in [0.4, 0.5) is 10.1 Å². The second-order valence-corrected chi connectivity index (χ2v) is 3.95. The van der Waals surface area contributed by atoms with Crippen molar-refractivity contribution in [1.82, 2.24) is 0 Å². The predicted molar refractivity (Wildman–Crippen MR) is 83.9 cm³/mol. The van der Waals surface area contributed by atoms with Gasteiger partial charge in [-0.15, -0.1) is 0 Å². The Morgan fingerprint density at radius 2 is 2.20 bits per heavy atom. The SMILES string of the molecule is C=NC(=C\C(=C)Nc1cccc(F)c1)/C(/C=C\N)=C/C. The molecule has 0 unspecified atom stereocenters. The van der Waals surface area contributed by atoms with Gasteiger partial charge in [0.25, 0.3) is 0 Å². The van der Waals surface area contributed by atoms with E-state index in [0.29, 0.717) is 17.1 Å². The highest BCUT2D eigenvalue weighted by Gasteiger charge is 2.01. The van der Waals surface area contributed by atoms with Crippen molar-refractivity contribution in [3.05, 3.63) is 78.1 Å². The fourth-order valence-corrected chi connectivity index (χ4v) is 1.61. The molecule has 0 saturated heterocycles. The molecule has 0 aliphatic carbocycles. The number of nitrogens with two attached hydrogens (primary N) is 1. The molecule has 0 aliphatic heterocycles. The van der Waals surface area contributed by atoms with E-state index in [2.05, 4.69) is 23.6 Å². The molecule has 1 rings (SSSR count). The normalized spacial score (nSPS) is 12.5. The third kappa shape index (κ3) is 4.57. The summed E-state index contributed by atoms with van der Waals surface area (Å²) in [5.74, 6) is -0.311. The zero-order valence-electron chi connectivity index (χ0n) is 11.4. The third-order valence-corrected chi connectivity index (χ3v) is 2.49. The topological polar surface area (TPSA) is 50.4 Å². The van der Waals surface area contributed by atoms with E-state index >= 15 is 0 Å². The van der Waals surface area contributed by atoms with Crippen LogP contribution in [0, 0.1) is 5.82 Å². The average molecular weight is 271 g/mol. The first-order valence-corrected chi connectivity index (χ1v) is 6.05. The summed E-state index contributed by atoms with van der Waals surface area (Å²) in [4.78, 5) is 3.94. The Balaban J connectivity index is 2.91. The average Bonchev–Trinajstić information content (AvgIpc) is 2.42. The van der Waals surface area contributed by atoms with Gasteiger partial charge < -0.3 is 11.1 Å². The second-order valence-electron chi connectivity index (χ2n) is 3.95. The summed E-state index contributed by atoms with van der Waals surface area (Å²) in [5.41, 5.74) is 8.02. The van der Waals surface area contributed by atoms with E-state index in [1.54, 1.807) is 24.3 Å². The molecule has 0 heterocycles. The van der Waals surface area contributed by atoms with E-state index < -0.39 is 0 Å². The molecule has 1 aromatic carbocycles. The lowest BCUT2D eigenvalue weighted by Crippen LogP contribution is -1.97. The molecule has 104 valence electrons. The number of anilines is 1. The number of hydrogen-bond acceptors (Lipinski definition) is 3. The second kappa shape index (κ2) is 7.74. The molecule has 0 atom stereocenters. The van der Waals surface area contributed by atoms with Crippen LogP contribution in [0.25, 0.3) is 0 Å². The minimum atomic E-state index is -0.311. The van der Waals surface area contributed by atoms with Gasteiger partial charge in [0.05, 0.1) is 5.70 Å². The molecule has 0 aromatic heterocycles. The number of rotatable bonds is 6. The molecular weight excluding hydrogens is 253 g/mol. The van der Waals surface area contributed by atoms with Crippen LogP contribution in [0.3, 0.4) is 0 Å². The Kier molecular flexibility index (Phi) is 5.97. The number of halogens is 1. The Morgan fingerprint density at radius 1 is 1.45 bits per heavy atom. The molecule has 0 fully saturated rings. The fourth-order valence-electron chi connectivity index (χ4n) is 1.61. The molecule has 3 N–H and O–H groups in total. The number of hydrogen-bond donors (Lipinski definition) is 2. The van der Waals surface area contributed by atoms with E-state index in [1.807, 2.05) is 13.0 Å². The van der Waals surface area contributed by atoms with Crippen molar-refractivity contribution in [1.29, 1.82) is 0 Å². The van der Waals surface area contributed by atoms with Crippen molar-refractivity contribution >= 4 is 12.4 Å². The van der Waals surface area contributed by atoms with Crippen molar-refractivity contribution in [3.63, 3.8) is 0 Å². The van der Waals surface area contributed by atoms with Gasteiger partial charge in [-0.1, -0.05) is 18.7 Å². The summed E-state index contributed by atoms with van der Waals surface area (Å²) in [6.45, 7) is 9.26. The lowest BCUT2D eigenvalue weighted by atomic mass is 10.1. The van der Waals surface area contributed by atoms with Crippen LogP contribution in [0.15, 0.2) is 77.2 Å². The first kappa shape index (κ1) is 15.4. The van der Waals surface area contributed by atoms with Gasteiger partial charge in [-0.3, -0.25) is 4.99 Å². The molecule has 0 bridgehead atoms. The maximum Gasteiger partial charge on any atom is 0.125 e. The monoisotopic (exact) mass is 271 g/mol. The molecule has 0 radical (unpaired) electrons. The van der Waals surface area contributed by atoms with Crippen molar-refractivity contribution in [2.24, 2.45) is 10.7 Å². The highest BCUT2D eigenvalue weighted by Crippen LogP contribution is 2.17. The molecule has 0 aliphatic rings. The van der Waals surface area contributed by atoms with Crippen molar-refractivity contribution in [2.45, 2.75) is 6.92 Å². The standard InChI is InChI=1S/C16H18FN3/c1-4-13(8-9-18)16(19-3)10-12(2)20-15-7-5-6-14(17)11-15/h4-11,20H,2-3,18H2,1H3/b9-8-,13-4+,16-10-. The number of aliphatic imine (C=N–C) groups is 1. The summed E-state index contributed by atoms with van der Waals surface area (Å²) in [7, 11) is 0. The van der Waals surface area contributed by atoms with Crippen LogP contribution < -0.4 is 11.1 Å². The molecular formula is C16H18FN3. The zero-order chi connectivity index (χ0) is 15.0. The highest BCUT2D eigenvalue weighted by atomic mass is 19.1. The van der Waals surface area contributed by atoms with Crippen molar-refractivity contribution in [2.75, 3.05) is 5.32 Å². The largest absolute Gasteiger partial charge is 0.405 e. The third-order valence-electron chi connectivity index (χ3n) is 2.49. The minimum absolute atomic E-state index is 0.311. The smallest absolute Gasteiger partial charge is 0.125 e. The Hall–Kier alpha value is -2.62. The summed E-state index contributed by atoms with van der Waals surface area (Å²) in [6, 6.07) is 6.14. The number of allylic oxidation sites excluding steroid dienone is 3. The minimum Gasteiger partial charge on any atom is -0.405 e. The fraction of sp³-hybridized carbons (Fsp3) is 0.0625. The number of benzene rings is 1. The summed E-state index contributed by atoms with van der Waals surface area (Å²) < 4.78 is 13.1. The first-order chi connectivity index (χ1) is 9.60. The number of nitrogens with zero attached hydrogens (tertiary/aromatic N) is 1. The van der Waals surface area contributed by atoms with Gasteiger partial charge in [0.1, 0.15) is 5.82 Å². The van der Waals surface area contributed by atoms with Crippen LogP contribution in [0.5, 0.6) is 0 Å². The first-order valence-electron chi connectivity index (χ1n) is 6.05. The van der Waals surface area contributed by atoms with Gasteiger partial charge >= 0.3 is 0 Å². The summed E-state index contributed by atoms with van der Waals surface area (Å²) in [5, 5.41) is 2.99. The molecule has 4 heteroatoms. The molecule has 0 spiro atoms. The quantitative estimate of drug-likeness (QED) is 0.611. The van der Waals surface area contributed by atoms with E-state index in [4.69, 9.17) is 5.73 Å². The van der Waals surface area contributed by atoms with Crippen molar-refractivity contribution < 1.29 is 4.39 Å². The van der Waals surface area contributed by atoms with Crippen LogP contribution in [0.2, 0.25) is 0 Å². The van der Waals surface area contributed by atoms with Crippen LogP contribution in [-0.2, 0) is 0 Å². The number of nitrogens with one attached hydrogen (secondary N) is 1. The molecule has 3 nitrogen and oxygen atoms in total. The lowest BCUT2D eigenvalue weighted by Gasteiger charge is -2.08. The Bertz CT molecular complexity index is 583. The van der Waals surface area contributed by atoms with Crippen LogP contribution in [-0.4, -0.2) is 6.72 Å². The van der Waals surface area contributed by atoms with Gasteiger partial charge in [0, 0.05) is 11.4 Å². The molecule has 0 amide bonds. The lowest BCUT2D eigenvalue weighted by molar-refractivity contribution is 0.628. The summed E-state index contributed by atoms with van der Waals surface area (Å²) >= 11 is 0. The molecule has 20 heavy (non-hydrogen) atoms. The Labute approximate surface area is 118 Å². The van der Waals surface area contributed by atoms with Gasteiger partial charge in [-0.2, -0.15) is 0 Å². The van der Waals surface area contributed by atoms with Crippen LogP contribution >= 0.6 is 0 Å². The van der Waals surface area contributed by atoms with Gasteiger partial charge in [0.15, 0.2) is 0 Å². The van der Waals surface area contributed by atoms with E-state index in [1.165, 1.54) is 18.3 Å². The summed E-state index contributed by atoms with van der Waals surface area (Å²) in [6.07, 6.45) is 6.72. The molecule has 0 saturated carbocycles. The Morgan fingerprint density at radius 3 is 2.75 bits per heavy atom. The van der Waals surface area contributed by atoms with E-state index in [9.17, 15) is 4.39 Å². The maximum absolute atomic E-state index is 13.1. The van der Waals surface area contributed by atoms with Gasteiger partial charge in [-0.25, -0.2) is 4.39 Å². The van der Waals surface area contributed by atoms with E-state index in [-0.39, 0.29) is 5.82 Å². The highest BCUT2D eigenvalue weighted by molar-refractivity contribution is 5.53. The molecule has 1 aromatic rings. The zero-order valence-corrected chi connectivity index (χ0v) is 11.4.